The van der Waals surface area contributed by atoms with E-state index < -0.39 is 0 Å². The number of amides is 1. The fourth-order valence-electron chi connectivity index (χ4n) is 4.51. The number of carbonyl (C=O) groups is 1. The van der Waals surface area contributed by atoms with Gasteiger partial charge < -0.3 is 20.5 Å². The summed E-state index contributed by atoms with van der Waals surface area (Å²) < 4.78 is 11.4. The predicted molar refractivity (Wildman–Crippen MR) is 110 cm³/mol. The van der Waals surface area contributed by atoms with Crippen LogP contribution in [0.5, 0.6) is 11.5 Å². The van der Waals surface area contributed by atoms with E-state index in [0.717, 1.165) is 19.3 Å². The number of hydrogen-bond donors (Lipinski definition) is 2. The summed E-state index contributed by atoms with van der Waals surface area (Å²) >= 11 is 0. The van der Waals surface area contributed by atoms with Crippen LogP contribution in [0, 0.1) is 11.8 Å². The molecule has 2 fully saturated rings. The largest absolute Gasteiger partial charge is 0.490 e. The quantitative estimate of drug-likeness (QED) is 0.732. The van der Waals surface area contributed by atoms with Crippen molar-refractivity contribution in [2.24, 2.45) is 17.6 Å². The maximum atomic E-state index is 12.9. The number of hydrogen-bond acceptors (Lipinski definition) is 4. The molecule has 0 aliphatic heterocycles. The van der Waals surface area contributed by atoms with Crippen LogP contribution in [-0.4, -0.2) is 31.2 Å². The molecule has 6 heteroatoms. The van der Waals surface area contributed by atoms with Gasteiger partial charge in [-0.25, -0.2) is 0 Å². The van der Waals surface area contributed by atoms with E-state index in [2.05, 4.69) is 12.2 Å². The van der Waals surface area contributed by atoms with E-state index in [1.54, 1.807) is 6.07 Å². The number of fused-ring (bicyclic) bond motifs is 2. The lowest BCUT2D eigenvalue weighted by Gasteiger charge is -2.45. The molecule has 3 rings (SSSR count). The molecule has 2 bridgehead atoms. The van der Waals surface area contributed by atoms with Crippen molar-refractivity contribution >= 4 is 18.3 Å². The number of nitrogens with one attached hydrogen (secondary N) is 1. The first-order valence-electron chi connectivity index (χ1n) is 10.1. The summed E-state index contributed by atoms with van der Waals surface area (Å²) in [5.74, 6) is 2.34. The van der Waals surface area contributed by atoms with Crippen LogP contribution in [0.4, 0.5) is 0 Å². The molecule has 0 aromatic heterocycles. The Morgan fingerprint density at radius 3 is 2.48 bits per heavy atom. The second-order valence-electron chi connectivity index (χ2n) is 7.62. The molecule has 2 unspecified atom stereocenters. The highest BCUT2D eigenvalue weighted by Gasteiger charge is 2.40. The summed E-state index contributed by atoms with van der Waals surface area (Å²) in [7, 11) is 0. The van der Waals surface area contributed by atoms with E-state index in [9.17, 15) is 4.79 Å². The Hall–Kier alpha value is -1.46. The third-order valence-electron chi connectivity index (χ3n) is 5.64. The van der Waals surface area contributed by atoms with E-state index in [-0.39, 0.29) is 30.4 Å². The number of nitrogens with two attached hydrogens (primary N) is 1. The highest BCUT2D eigenvalue weighted by Crippen LogP contribution is 2.40. The van der Waals surface area contributed by atoms with Gasteiger partial charge in [0.2, 0.25) is 0 Å². The minimum absolute atomic E-state index is 0. The number of carbonyl (C=O) groups excluding carboxylic acids is 1. The van der Waals surface area contributed by atoms with Gasteiger partial charge in [-0.3, -0.25) is 4.79 Å². The summed E-state index contributed by atoms with van der Waals surface area (Å²) in [5.41, 5.74) is 6.83. The Morgan fingerprint density at radius 1 is 1.15 bits per heavy atom. The zero-order chi connectivity index (χ0) is 18.5. The Labute approximate surface area is 168 Å². The Kier molecular flexibility index (Phi) is 8.24. The van der Waals surface area contributed by atoms with Crippen molar-refractivity contribution < 1.29 is 14.3 Å². The van der Waals surface area contributed by atoms with Gasteiger partial charge >= 0.3 is 0 Å². The zero-order valence-electron chi connectivity index (χ0n) is 16.4. The molecule has 0 saturated heterocycles. The third-order valence-corrected chi connectivity index (χ3v) is 5.64. The van der Waals surface area contributed by atoms with Crippen LogP contribution in [-0.2, 0) is 0 Å². The Bertz CT molecular complexity index is 611. The highest BCUT2D eigenvalue weighted by atomic mass is 35.5. The number of halogens is 1. The van der Waals surface area contributed by atoms with Crippen LogP contribution in [0.25, 0.3) is 0 Å². The van der Waals surface area contributed by atoms with Gasteiger partial charge in [0.25, 0.3) is 5.91 Å². The van der Waals surface area contributed by atoms with Crippen molar-refractivity contribution in [2.45, 2.75) is 64.5 Å². The summed E-state index contributed by atoms with van der Waals surface area (Å²) in [6.07, 6.45) is 6.57. The SMILES string of the molecule is CCCOc1ccc(C(=O)NC2C3CCCC2CC(N)C3)cc1OCC.Cl. The minimum atomic E-state index is -0.0228. The first-order valence-corrected chi connectivity index (χ1v) is 10.1. The van der Waals surface area contributed by atoms with Crippen molar-refractivity contribution in [3.63, 3.8) is 0 Å². The molecule has 2 aliphatic carbocycles. The summed E-state index contributed by atoms with van der Waals surface area (Å²) in [6.45, 7) is 5.17. The van der Waals surface area contributed by atoms with E-state index in [0.29, 0.717) is 42.1 Å². The van der Waals surface area contributed by atoms with Gasteiger partial charge in [0.1, 0.15) is 0 Å². The molecule has 2 aliphatic rings. The lowest BCUT2D eigenvalue weighted by Crippen LogP contribution is -2.53. The monoisotopic (exact) mass is 396 g/mol. The van der Waals surface area contributed by atoms with Gasteiger partial charge in [0.15, 0.2) is 11.5 Å². The van der Waals surface area contributed by atoms with Crippen LogP contribution < -0.4 is 20.5 Å². The van der Waals surface area contributed by atoms with Crippen LogP contribution in [0.1, 0.15) is 62.7 Å². The van der Waals surface area contributed by atoms with E-state index in [4.69, 9.17) is 15.2 Å². The van der Waals surface area contributed by atoms with Crippen LogP contribution >= 0.6 is 12.4 Å². The molecule has 0 heterocycles. The average Bonchev–Trinajstić information content (AvgIpc) is 2.61. The molecule has 2 atom stereocenters. The van der Waals surface area contributed by atoms with E-state index in [1.807, 2.05) is 19.1 Å². The van der Waals surface area contributed by atoms with Crippen molar-refractivity contribution in [3.05, 3.63) is 23.8 Å². The minimum Gasteiger partial charge on any atom is -0.490 e. The topological polar surface area (TPSA) is 73.6 Å². The van der Waals surface area contributed by atoms with Crippen LogP contribution in [0.15, 0.2) is 18.2 Å². The van der Waals surface area contributed by atoms with Gasteiger partial charge in [-0.05, 0) is 69.1 Å². The first kappa shape index (κ1) is 21.8. The van der Waals surface area contributed by atoms with Crippen molar-refractivity contribution in [3.8, 4) is 11.5 Å². The maximum Gasteiger partial charge on any atom is 0.251 e. The standard InChI is InChI=1S/C21H32N2O3.ClH/c1-3-10-26-18-9-8-16(13-19(18)25-4-2)21(24)23-20-14-6-5-7-15(20)12-17(22)11-14;/h8-9,13-15,17,20H,3-7,10-12,22H2,1-2H3,(H,23,24);1H. The summed E-state index contributed by atoms with van der Waals surface area (Å²) in [5, 5.41) is 3.30. The molecule has 0 spiro atoms. The van der Waals surface area contributed by atoms with Gasteiger partial charge in [0, 0.05) is 17.6 Å². The predicted octanol–water partition coefficient (Wildman–Crippen LogP) is 3.93. The van der Waals surface area contributed by atoms with Crippen molar-refractivity contribution in [1.29, 1.82) is 0 Å². The maximum absolute atomic E-state index is 12.9. The van der Waals surface area contributed by atoms with Crippen molar-refractivity contribution in [2.75, 3.05) is 13.2 Å². The molecule has 152 valence electrons. The Balaban J connectivity index is 0.00000261. The zero-order valence-corrected chi connectivity index (χ0v) is 17.2. The van der Waals surface area contributed by atoms with Crippen molar-refractivity contribution in [1.82, 2.24) is 5.32 Å². The van der Waals surface area contributed by atoms with Gasteiger partial charge in [-0.2, -0.15) is 0 Å². The number of benzene rings is 1. The van der Waals surface area contributed by atoms with Gasteiger partial charge in [-0.15, -0.1) is 12.4 Å². The first-order chi connectivity index (χ1) is 12.6. The molecular formula is C21H33ClN2O3. The molecule has 0 radical (unpaired) electrons. The number of rotatable bonds is 7. The summed E-state index contributed by atoms with van der Waals surface area (Å²) in [6, 6.07) is 6.01. The van der Waals surface area contributed by atoms with E-state index in [1.165, 1.54) is 19.3 Å². The smallest absolute Gasteiger partial charge is 0.251 e. The molecule has 3 N–H and O–H groups in total. The lowest BCUT2D eigenvalue weighted by atomic mass is 9.67. The normalized spacial score (nSPS) is 26.6. The molecule has 5 nitrogen and oxygen atoms in total. The molecule has 1 aromatic rings. The molecule has 2 saturated carbocycles. The van der Waals surface area contributed by atoms with Gasteiger partial charge in [0.05, 0.1) is 13.2 Å². The highest BCUT2D eigenvalue weighted by molar-refractivity contribution is 5.95. The average molecular weight is 397 g/mol. The second-order valence-corrected chi connectivity index (χ2v) is 7.62. The lowest BCUT2D eigenvalue weighted by molar-refractivity contribution is 0.0755. The second kappa shape index (κ2) is 10.2. The Morgan fingerprint density at radius 2 is 1.85 bits per heavy atom. The third kappa shape index (κ3) is 5.29. The molecule has 27 heavy (non-hydrogen) atoms. The molecule has 1 amide bonds. The fraction of sp³-hybridized carbons (Fsp3) is 0.667. The molecule has 1 aromatic carbocycles. The fourth-order valence-corrected chi connectivity index (χ4v) is 4.51. The molecular weight excluding hydrogens is 364 g/mol. The summed E-state index contributed by atoms with van der Waals surface area (Å²) in [4.78, 5) is 12.9. The van der Waals surface area contributed by atoms with Crippen LogP contribution in [0.3, 0.4) is 0 Å². The van der Waals surface area contributed by atoms with Crippen LogP contribution in [0.2, 0.25) is 0 Å². The van der Waals surface area contributed by atoms with Gasteiger partial charge in [-0.1, -0.05) is 13.3 Å². The number of ether oxygens (including phenoxy) is 2. The van der Waals surface area contributed by atoms with E-state index >= 15 is 0 Å².